The first-order chi connectivity index (χ1) is 17.7. The SMILES string of the molecule is COc1cc(N2CCC(=O)CC2)c(Cl)cc1Nc1ncc(Cl)c(-c2cn(S(=O)(=O)O)c3ccccc23)n1. The second-order valence-corrected chi connectivity index (χ2v) is 10.5. The van der Waals surface area contributed by atoms with Gasteiger partial charge in [0.25, 0.3) is 0 Å². The van der Waals surface area contributed by atoms with Crippen molar-refractivity contribution in [2.45, 2.75) is 12.8 Å². The van der Waals surface area contributed by atoms with E-state index in [9.17, 15) is 17.8 Å². The molecule has 0 bridgehead atoms. The first-order valence-corrected chi connectivity index (χ1v) is 13.3. The van der Waals surface area contributed by atoms with E-state index in [1.807, 2.05) is 4.90 Å². The molecule has 0 spiro atoms. The third kappa shape index (κ3) is 4.95. The van der Waals surface area contributed by atoms with Crippen molar-refractivity contribution < 1.29 is 22.5 Å². The lowest BCUT2D eigenvalue weighted by Gasteiger charge is -2.29. The van der Waals surface area contributed by atoms with Crippen LogP contribution in [0, 0.1) is 0 Å². The van der Waals surface area contributed by atoms with Crippen LogP contribution in [0.25, 0.3) is 22.2 Å². The fourth-order valence-corrected chi connectivity index (χ4v) is 5.44. The predicted octanol–water partition coefficient (Wildman–Crippen LogP) is 4.98. The number of Topliss-reactive ketones (excluding diaryl/α,β-unsaturated/α-hetero) is 1. The first-order valence-electron chi connectivity index (χ1n) is 11.2. The van der Waals surface area contributed by atoms with Crippen molar-refractivity contribution in [2.75, 3.05) is 30.4 Å². The van der Waals surface area contributed by atoms with Crippen molar-refractivity contribution in [1.82, 2.24) is 13.9 Å². The van der Waals surface area contributed by atoms with Gasteiger partial charge in [-0.25, -0.2) is 13.9 Å². The number of hydrogen-bond acceptors (Lipinski definition) is 8. The molecule has 2 N–H and O–H groups in total. The van der Waals surface area contributed by atoms with Gasteiger partial charge in [0.1, 0.15) is 11.5 Å². The maximum Gasteiger partial charge on any atom is 0.363 e. The number of benzene rings is 2. The average Bonchev–Trinajstić information content (AvgIpc) is 3.26. The molecule has 1 fully saturated rings. The van der Waals surface area contributed by atoms with Gasteiger partial charge in [-0.3, -0.25) is 9.35 Å². The van der Waals surface area contributed by atoms with Crippen LogP contribution in [0.3, 0.4) is 0 Å². The molecule has 1 aliphatic rings. The highest BCUT2D eigenvalue weighted by molar-refractivity contribution is 7.84. The molecule has 4 aromatic rings. The lowest BCUT2D eigenvalue weighted by molar-refractivity contribution is -0.119. The van der Waals surface area contributed by atoms with Crippen LogP contribution < -0.4 is 15.0 Å². The number of piperidine rings is 1. The molecule has 5 rings (SSSR count). The average molecular weight is 562 g/mol. The molecule has 2 aromatic heterocycles. The van der Waals surface area contributed by atoms with Gasteiger partial charge in [0.2, 0.25) is 5.95 Å². The number of aromatic nitrogens is 3. The summed E-state index contributed by atoms with van der Waals surface area (Å²) in [6.45, 7) is 1.16. The molecule has 0 aliphatic carbocycles. The van der Waals surface area contributed by atoms with Gasteiger partial charge in [0, 0.05) is 49.1 Å². The fourth-order valence-electron chi connectivity index (χ4n) is 4.31. The number of hydrogen-bond donors (Lipinski definition) is 2. The van der Waals surface area contributed by atoms with Crippen LogP contribution in [-0.4, -0.2) is 52.9 Å². The van der Waals surface area contributed by atoms with Crippen LogP contribution in [0.1, 0.15) is 12.8 Å². The molecular weight excluding hydrogens is 541 g/mol. The summed E-state index contributed by atoms with van der Waals surface area (Å²) in [5.74, 6) is 0.876. The summed E-state index contributed by atoms with van der Waals surface area (Å²) in [6, 6.07) is 10.1. The van der Waals surface area contributed by atoms with Crippen molar-refractivity contribution >= 4 is 67.5 Å². The summed E-state index contributed by atoms with van der Waals surface area (Å²) < 4.78 is 39.9. The van der Waals surface area contributed by atoms with Crippen LogP contribution in [-0.2, 0) is 15.1 Å². The fraction of sp³-hybridized carbons (Fsp3) is 0.208. The first kappa shape index (κ1) is 25.3. The lowest BCUT2D eigenvalue weighted by atomic mass is 10.1. The second kappa shape index (κ2) is 9.82. The van der Waals surface area contributed by atoms with Crippen LogP contribution >= 0.6 is 23.2 Å². The van der Waals surface area contributed by atoms with E-state index in [-0.39, 0.29) is 28.0 Å². The zero-order valence-electron chi connectivity index (χ0n) is 19.5. The molecule has 0 saturated carbocycles. The maximum absolute atomic E-state index is 11.9. The van der Waals surface area contributed by atoms with E-state index >= 15 is 0 Å². The van der Waals surface area contributed by atoms with Gasteiger partial charge in [-0.1, -0.05) is 41.4 Å². The molecule has 0 atom stereocenters. The molecule has 192 valence electrons. The molecular formula is C24H21Cl2N5O5S. The van der Waals surface area contributed by atoms with Crippen LogP contribution in [0.2, 0.25) is 10.0 Å². The largest absolute Gasteiger partial charge is 0.494 e. The molecule has 3 heterocycles. The van der Waals surface area contributed by atoms with Crippen LogP contribution in [0.5, 0.6) is 5.75 Å². The molecule has 37 heavy (non-hydrogen) atoms. The standard InChI is InChI=1S/C24H21Cl2N5O5S/c1-36-22-11-21(30-8-6-14(32)7-9-30)17(25)10-19(22)28-24-27-12-18(26)23(29-24)16-13-31(37(33,34)35)20-5-3-2-4-15(16)20/h2-5,10-13H,6-9H2,1H3,(H,27,28,29)(H,33,34,35). The summed E-state index contributed by atoms with van der Waals surface area (Å²) in [5.41, 5.74) is 2.18. The Labute approximate surface area is 222 Å². The molecule has 0 radical (unpaired) electrons. The number of nitrogens with one attached hydrogen (secondary N) is 1. The van der Waals surface area contributed by atoms with Gasteiger partial charge >= 0.3 is 10.3 Å². The number of para-hydroxylation sites is 1. The van der Waals surface area contributed by atoms with Gasteiger partial charge in [-0.05, 0) is 12.1 Å². The van der Waals surface area contributed by atoms with Gasteiger partial charge in [0.05, 0.1) is 45.9 Å². The predicted molar refractivity (Wildman–Crippen MR) is 143 cm³/mol. The second-order valence-electron chi connectivity index (χ2n) is 8.38. The van der Waals surface area contributed by atoms with Crippen LogP contribution in [0.15, 0.2) is 48.8 Å². The number of anilines is 3. The number of ether oxygens (including phenoxy) is 1. The minimum atomic E-state index is -4.56. The highest BCUT2D eigenvalue weighted by atomic mass is 35.5. The number of nitrogens with zero attached hydrogens (tertiary/aromatic N) is 4. The monoisotopic (exact) mass is 561 g/mol. The van der Waals surface area contributed by atoms with E-state index in [2.05, 4.69) is 15.3 Å². The Morgan fingerprint density at radius 1 is 1.11 bits per heavy atom. The van der Waals surface area contributed by atoms with Crippen LogP contribution in [0.4, 0.5) is 17.3 Å². The maximum atomic E-state index is 11.9. The van der Waals surface area contributed by atoms with Crippen molar-refractivity contribution in [3.05, 3.63) is 58.8 Å². The number of halogens is 2. The van der Waals surface area contributed by atoms with E-state index in [0.717, 1.165) is 9.66 Å². The van der Waals surface area contributed by atoms with E-state index < -0.39 is 10.3 Å². The molecule has 13 heteroatoms. The molecule has 1 saturated heterocycles. The van der Waals surface area contributed by atoms with Crippen molar-refractivity contribution in [3.8, 4) is 17.0 Å². The molecule has 1 aliphatic heterocycles. The summed E-state index contributed by atoms with van der Waals surface area (Å²) in [6.07, 6.45) is 3.58. The Morgan fingerprint density at radius 2 is 1.84 bits per heavy atom. The molecule has 0 unspecified atom stereocenters. The third-order valence-electron chi connectivity index (χ3n) is 6.10. The summed E-state index contributed by atoms with van der Waals surface area (Å²) in [4.78, 5) is 22.4. The smallest absolute Gasteiger partial charge is 0.363 e. The Morgan fingerprint density at radius 3 is 2.54 bits per heavy atom. The minimum absolute atomic E-state index is 0.161. The quantitative estimate of drug-likeness (QED) is 0.313. The third-order valence-corrected chi connectivity index (χ3v) is 7.48. The van der Waals surface area contributed by atoms with Gasteiger partial charge in [-0.2, -0.15) is 8.42 Å². The lowest BCUT2D eigenvalue weighted by Crippen LogP contribution is -2.33. The summed E-state index contributed by atoms with van der Waals surface area (Å²) in [5, 5.41) is 4.26. The summed E-state index contributed by atoms with van der Waals surface area (Å²) >= 11 is 13.0. The Hall–Kier alpha value is -3.38. The van der Waals surface area contributed by atoms with Gasteiger partial charge in [0.15, 0.2) is 0 Å². The zero-order chi connectivity index (χ0) is 26.3. The van der Waals surface area contributed by atoms with E-state index in [1.165, 1.54) is 19.5 Å². The van der Waals surface area contributed by atoms with E-state index in [1.54, 1.807) is 36.4 Å². The minimum Gasteiger partial charge on any atom is -0.494 e. The zero-order valence-corrected chi connectivity index (χ0v) is 21.8. The summed E-state index contributed by atoms with van der Waals surface area (Å²) in [7, 11) is -3.03. The molecule has 2 aromatic carbocycles. The van der Waals surface area contributed by atoms with Crippen molar-refractivity contribution in [3.63, 3.8) is 0 Å². The number of carbonyl (C=O) groups is 1. The normalized spacial score (nSPS) is 14.3. The van der Waals surface area contributed by atoms with E-state index in [0.29, 0.717) is 53.3 Å². The van der Waals surface area contributed by atoms with Gasteiger partial charge in [-0.15, -0.1) is 0 Å². The molecule has 10 nitrogen and oxygen atoms in total. The number of fused-ring (bicyclic) bond motifs is 1. The topological polar surface area (TPSA) is 127 Å². The van der Waals surface area contributed by atoms with Crippen molar-refractivity contribution in [2.24, 2.45) is 0 Å². The number of rotatable bonds is 6. The highest BCUT2D eigenvalue weighted by Gasteiger charge is 2.22. The number of methoxy groups -OCH3 is 1. The van der Waals surface area contributed by atoms with E-state index in [4.69, 9.17) is 27.9 Å². The number of carbonyl (C=O) groups excluding carboxylic acids is 1. The molecule has 0 amide bonds. The Bertz CT molecular complexity index is 1630. The highest BCUT2D eigenvalue weighted by Crippen LogP contribution is 2.39. The van der Waals surface area contributed by atoms with Crippen molar-refractivity contribution in [1.29, 1.82) is 0 Å². The Balaban J connectivity index is 1.53. The van der Waals surface area contributed by atoms with Gasteiger partial charge < -0.3 is 15.0 Å². The Kier molecular flexibility index (Phi) is 6.71. The number of ketones is 1.